The molecule has 0 atom stereocenters. The van der Waals surface area contributed by atoms with Crippen LogP contribution in [0.5, 0.6) is 0 Å². The molecule has 0 unspecified atom stereocenters. The molecule has 0 saturated carbocycles. The van der Waals surface area contributed by atoms with Gasteiger partial charge in [0.1, 0.15) is 0 Å². The van der Waals surface area contributed by atoms with Crippen LogP contribution in [0.2, 0.25) is 0 Å². The van der Waals surface area contributed by atoms with Crippen molar-refractivity contribution >= 4 is 5.69 Å². The smallest absolute Gasteiger partial charge is 0.0393 e. The molecule has 0 heterocycles. The number of rotatable bonds is 1. The third-order valence-electron chi connectivity index (χ3n) is 1.76. The molecular weight excluding hydrogens is 134 g/mol. The highest BCUT2D eigenvalue weighted by Gasteiger charge is 1.98. The van der Waals surface area contributed by atoms with Crippen LogP contribution in [0, 0.1) is 13.8 Å². The van der Waals surface area contributed by atoms with Crippen LogP contribution < -0.4 is 4.90 Å². The third kappa shape index (κ3) is 1.73. The van der Waals surface area contributed by atoms with Crippen LogP contribution in [0.25, 0.3) is 0 Å². The van der Waals surface area contributed by atoms with E-state index >= 15 is 0 Å². The summed E-state index contributed by atoms with van der Waals surface area (Å²) in [7, 11) is 4.09. The fourth-order valence-electron chi connectivity index (χ4n) is 1.14. The molecule has 1 heteroatoms. The van der Waals surface area contributed by atoms with Crippen LogP contribution in [0.1, 0.15) is 11.1 Å². The Balaban J connectivity index is 3.13. The van der Waals surface area contributed by atoms with Gasteiger partial charge in [-0.1, -0.05) is 12.1 Å². The summed E-state index contributed by atoms with van der Waals surface area (Å²) in [6.45, 7) is 5.98. The normalized spacial score (nSPS) is 9.82. The molecule has 0 bridgehead atoms. The van der Waals surface area contributed by atoms with Crippen LogP contribution in [-0.2, 0) is 0 Å². The maximum atomic E-state index is 3.88. The maximum Gasteiger partial charge on any atom is 0.0393 e. The van der Waals surface area contributed by atoms with Crippen molar-refractivity contribution in [2.24, 2.45) is 0 Å². The highest BCUT2D eigenvalue weighted by molar-refractivity contribution is 5.54. The van der Waals surface area contributed by atoms with Gasteiger partial charge < -0.3 is 4.90 Å². The number of anilines is 1. The molecule has 0 aliphatic heterocycles. The van der Waals surface area contributed by atoms with Crippen molar-refractivity contribution in [1.29, 1.82) is 0 Å². The first-order chi connectivity index (χ1) is 5.11. The molecule has 0 spiro atoms. The summed E-state index contributed by atoms with van der Waals surface area (Å²) in [6, 6.07) is 6.22. The molecule has 0 aliphatic carbocycles. The van der Waals surface area contributed by atoms with E-state index in [1.165, 1.54) is 11.3 Å². The van der Waals surface area contributed by atoms with Crippen molar-refractivity contribution in [2.75, 3.05) is 19.0 Å². The van der Waals surface area contributed by atoms with Crippen molar-refractivity contribution in [1.82, 2.24) is 0 Å². The molecule has 0 amide bonds. The van der Waals surface area contributed by atoms with Gasteiger partial charge in [0.15, 0.2) is 0 Å². The number of benzene rings is 1. The third-order valence-corrected chi connectivity index (χ3v) is 1.76. The van der Waals surface area contributed by atoms with Gasteiger partial charge in [-0.3, -0.25) is 0 Å². The van der Waals surface area contributed by atoms with E-state index in [4.69, 9.17) is 0 Å². The van der Waals surface area contributed by atoms with E-state index in [1.807, 2.05) is 20.2 Å². The summed E-state index contributed by atoms with van der Waals surface area (Å²) < 4.78 is 0. The Morgan fingerprint density at radius 3 is 2.36 bits per heavy atom. The van der Waals surface area contributed by atoms with Crippen molar-refractivity contribution in [2.45, 2.75) is 6.92 Å². The number of nitrogens with zero attached hydrogens (tertiary/aromatic N) is 1. The zero-order valence-corrected chi connectivity index (χ0v) is 7.39. The molecule has 1 radical (unpaired) electrons. The second-order valence-corrected chi connectivity index (χ2v) is 3.02. The summed E-state index contributed by atoms with van der Waals surface area (Å²) in [6.07, 6.45) is 0. The lowest BCUT2D eigenvalue weighted by Gasteiger charge is -2.15. The predicted octanol–water partition coefficient (Wildman–Crippen LogP) is 2.24. The highest BCUT2D eigenvalue weighted by atomic mass is 15.1. The SMILES string of the molecule is [CH2]c1ccc(C)c(N(C)C)c1. The molecule has 0 aromatic heterocycles. The minimum atomic E-state index is 1.07. The number of hydrogen-bond donors (Lipinski definition) is 0. The van der Waals surface area contributed by atoms with Crippen molar-refractivity contribution in [3.8, 4) is 0 Å². The van der Waals surface area contributed by atoms with Gasteiger partial charge in [0.2, 0.25) is 0 Å². The summed E-state index contributed by atoms with van der Waals surface area (Å²) in [5.41, 5.74) is 3.61. The zero-order chi connectivity index (χ0) is 8.43. The van der Waals surface area contributed by atoms with Crippen LogP contribution in [-0.4, -0.2) is 14.1 Å². The first-order valence-electron chi connectivity index (χ1n) is 3.71. The van der Waals surface area contributed by atoms with Gasteiger partial charge in [0.05, 0.1) is 0 Å². The molecule has 0 aliphatic rings. The topological polar surface area (TPSA) is 3.24 Å². The molecule has 1 rings (SSSR count). The standard InChI is InChI=1S/C10H14N/c1-8-5-6-9(2)10(7-8)11(3)4/h5-7H,1H2,2-4H3. The highest BCUT2D eigenvalue weighted by Crippen LogP contribution is 2.18. The van der Waals surface area contributed by atoms with Gasteiger partial charge in [-0.15, -0.1) is 0 Å². The Morgan fingerprint density at radius 2 is 1.91 bits per heavy atom. The average molecular weight is 148 g/mol. The fraction of sp³-hybridized carbons (Fsp3) is 0.300. The minimum absolute atomic E-state index is 1.07. The molecule has 1 nitrogen and oxygen atoms in total. The van der Waals surface area contributed by atoms with E-state index in [0.29, 0.717) is 0 Å². The van der Waals surface area contributed by atoms with E-state index in [2.05, 4.69) is 30.9 Å². The van der Waals surface area contributed by atoms with Crippen LogP contribution in [0.4, 0.5) is 5.69 Å². The van der Waals surface area contributed by atoms with Gasteiger partial charge >= 0.3 is 0 Å². The minimum Gasteiger partial charge on any atom is -0.377 e. The average Bonchev–Trinajstić information content (AvgIpc) is 1.94. The molecule has 59 valence electrons. The maximum absolute atomic E-state index is 3.88. The van der Waals surface area contributed by atoms with Crippen molar-refractivity contribution in [3.63, 3.8) is 0 Å². The molecule has 0 N–H and O–H groups in total. The molecule has 1 aromatic rings. The largest absolute Gasteiger partial charge is 0.377 e. The van der Waals surface area contributed by atoms with E-state index in [9.17, 15) is 0 Å². The van der Waals surface area contributed by atoms with Crippen molar-refractivity contribution < 1.29 is 0 Å². The zero-order valence-electron chi connectivity index (χ0n) is 7.39. The Morgan fingerprint density at radius 1 is 1.27 bits per heavy atom. The molecule has 0 saturated heterocycles. The molecular formula is C10H14N. The van der Waals surface area contributed by atoms with Crippen LogP contribution in [0.15, 0.2) is 18.2 Å². The van der Waals surface area contributed by atoms with E-state index in [-0.39, 0.29) is 0 Å². The van der Waals surface area contributed by atoms with E-state index < -0.39 is 0 Å². The van der Waals surface area contributed by atoms with Crippen LogP contribution >= 0.6 is 0 Å². The first kappa shape index (κ1) is 8.12. The van der Waals surface area contributed by atoms with Gasteiger partial charge in [0.25, 0.3) is 0 Å². The fourth-order valence-corrected chi connectivity index (χ4v) is 1.14. The number of aryl methyl sites for hydroxylation is 1. The Kier molecular flexibility index (Phi) is 2.18. The lowest BCUT2D eigenvalue weighted by Crippen LogP contribution is -2.10. The summed E-state index contributed by atoms with van der Waals surface area (Å²) in [5.74, 6) is 0. The Bertz CT molecular complexity index is 251. The molecule has 0 fully saturated rings. The summed E-state index contributed by atoms with van der Waals surface area (Å²) in [5, 5.41) is 0. The van der Waals surface area contributed by atoms with Gasteiger partial charge in [-0.25, -0.2) is 0 Å². The Hall–Kier alpha value is -0.980. The van der Waals surface area contributed by atoms with Crippen LogP contribution in [0.3, 0.4) is 0 Å². The van der Waals surface area contributed by atoms with Gasteiger partial charge in [-0.2, -0.15) is 0 Å². The molecule has 11 heavy (non-hydrogen) atoms. The lowest BCUT2D eigenvalue weighted by molar-refractivity contribution is 1.11. The monoisotopic (exact) mass is 148 g/mol. The lowest BCUT2D eigenvalue weighted by atomic mass is 10.1. The second-order valence-electron chi connectivity index (χ2n) is 3.02. The Labute approximate surface area is 68.7 Å². The first-order valence-corrected chi connectivity index (χ1v) is 3.71. The predicted molar refractivity (Wildman–Crippen MR) is 50.0 cm³/mol. The van der Waals surface area contributed by atoms with Gasteiger partial charge in [-0.05, 0) is 31.0 Å². The summed E-state index contributed by atoms with van der Waals surface area (Å²) >= 11 is 0. The molecule has 1 aromatic carbocycles. The number of hydrogen-bond acceptors (Lipinski definition) is 1. The van der Waals surface area contributed by atoms with E-state index in [1.54, 1.807) is 0 Å². The second kappa shape index (κ2) is 2.95. The summed E-state index contributed by atoms with van der Waals surface area (Å²) in [4.78, 5) is 2.10. The quantitative estimate of drug-likeness (QED) is 0.590. The van der Waals surface area contributed by atoms with Crippen molar-refractivity contribution in [3.05, 3.63) is 36.2 Å². The van der Waals surface area contributed by atoms with Gasteiger partial charge in [0, 0.05) is 19.8 Å². The van der Waals surface area contributed by atoms with E-state index in [0.717, 1.165) is 5.56 Å².